The Morgan fingerprint density at radius 1 is 1.33 bits per heavy atom. The Kier molecular flexibility index (Phi) is 4.70. The van der Waals surface area contributed by atoms with Crippen molar-refractivity contribution in [3.05, 3.63) is 23.8 Å². The number of phenols is 1. The molecule has 0 radical (unpaired) electrons. The molecule has 0 aliphatic carbocycles. The van der Waals surface area contributed by atoms with E-state index in [1.54, 1.807) is 0 Å². The number of rotatable bonds is 2. The van der Waals surface area contributed by atoms with Crippen LogP contribution in [0, 0.1) is 0 Å². The van der Waals surface area contributed by atoms with Crippen LogP contribution in [-0.2, 0) is 6.54 Å². The molecular weight excluding hydrogens is 235 g/mol. The van der Waals surface area contributed by atoms with Crippen LogP contribution >= 0.6 is 12.4 Å². The summed E-state index contributed by atoms with van der Waals surface area (Å²) in [7, 11) is 0. The average molecular weight is 244 g/mol. The highest BCUT2D eigenvalue weighted by molar-refractivity contribution is 5.85. The number of halogens is 4. The van der Waals surface area contributed by atoms with E-state index in [0.717, 1.165) is 12.1 Å². The lowest BCUT2D eigenvalue weighted by Crippen LogP contribution is -2.17. The van der Waals surface area contributed by atoms with Crippen molar-refractivity contribution < 1.29 is 23.0 Å². The zero-order valence-corrected chi connectivity index (χ0v) is 8.23. The Labute approximate surface area is 90.1 Å². The topological polar surface area (TPSA) is 55.5 Å². The highest BCUT2D eigenvalue weighted by Gasteiger charge is 2.31. The van der Waals surface area contributed by atoms with Gasteiger partial charge in [0.1, 0.15) is 11.5 Å². The van der Waals surface area contributed by atoms with Crippen molar-refractivity contribution in [1.82, 2.24) is 0 Å². The van der Waals surface area contributed by atoms with E-state index in [-0.39, 0.29) is 24.7 Å². The van der Waals surface area contributed by atoms with Crippen LogP contribution in [0.15, 0.2) is 18.2 Å². The number of alkyl halides is 3. The second-order valence-corrected chi connectivity index (χ2v) is 2.54. The van der Waals surface area contributed by atoms with Crippen molar-refractivity contribution in [3.8, 4) is 11.5 Å². The van der Waals surface area contributed by atoms with Crippen LogP contribution in [-0.4, -0.2) is 11.5 Å². The molecule has 0 amide bonds. The lowest BCUT2D eigenvalue weighted by molar-refractivity contribution is -0.274. The summed E-state index contributed by atoms with van der Waals surface area (Å²) < 4.78 is 38.8. The van der Waals surface area contributed by atoms with Crippen molar-refractivity contribution >= 4 is 12.4 Å². The molecule has 3 nitrogen and oxygen atoms in total. The molecular formula is C8H9ClF3NO2. The predicted molar refractivity (Wildman–Crippen MR) is 49.9 cm³/mol. The SMILES string of the molecule is Cl.NCc1ccc(OC(F)(F)F)cc1O. The summed E-state index contributed by atoms with van der Waals surface area (Å²) in [6.07, 6.45) is -4.75. The number of phenolic OH excluding ortho intramolecular Hbond substituents is 1. The van der Waals surface area contributed by atoms with E-state index < -0.39 is 12.1 Å². The van der Waals surface area contributed by atoms with Crippen LogP contribution in [0.5, 0.6) is 11.5 Å². The normalized spacial score (nSPS) is 10.7. The first kappa shape index (κ1) is 13.9. The Bertz CT molecular complexity index is 330. The monoisotopic (exact) mass is 243 g/mol. The molecule has 1 aromatic carbocycles. The van der Waals surface area contributed by atoms with Gasteiger partial charge in [-0.1, -0.05) is 6.07 Å². The maximum atomic E-state index is 11.7. The molecule has 0 fully saturated rings. The molecule has 1 rings (SSSR count). The molecule has 0 spiro atoms. The fourth-order valence-corrected chi connectivity index (χ4v) is 0.913. The summed E-state index contributed by atoms with van der Waals surface area (Å²) in [6, 6.07) is 3.24. The fourth-order valence-electron chi connectivity index (χ4n) is 0.913. The minimum Gasteiger partial charge on any atom is -0.507 e. The smallest absolute Gasteiger partial charge is 0.507 e. The standard InChI is InChI=1S/C8H8F3NO2.ClH/c9-8(10,11)14-6-2-1-5(4-12)7(13)3-6;/h1-3,13H,4,12H2;1H. The van der Waals surface area contributed by atoms with E-state index in [9.17, 15) is 13.2 Å². The van der Waals surface area contributed by atoms with Crippen LogP contribution < -0.4 is 10.5 Å². The van der Waals surface area contributed by atoms with Gasteiger partial charge in [0.2, 0.25) is 0 Å². The highest BCUT2D eigenvalue weighted by atomic mass is 35.5. The maximum Gasteiger partial charge on any atom is 0.573 e. The molecule has 0 saturated carbocycles. The molecule has 0 aliphatic rings. The van der Waals surface area contributed by atoms with Crippen LogP contribution in [0.1, 0.15) is 5.56 Å². The van der Waals surface area contributed by atoms with E-state index in [0.29, 0.717) is 5.56 Å². The first-order valence-corrected chi connectivity index (χ1v) is 3.70. The maximum absolute atomic E-state index is 11.7. The van der Waals surface area contributed by atoms with E-state index in [2.05, 4.69) is 4.74 Å². The molecule has 0 heterocycles. The number of ether oxygens (including phenoxy) is 1. The minimum atomic E-state index is -4.75. The van der Waals surface area contributed by atoms with Crippen molar-refractivity contribution in [2.24, 2.45) is 5.73 Å². The molecule has 86 valence electrons. The van der Waals surface area contributed by atoms with Gasteiger partial charge in [0, 0.05) is 18.2 Å². The van der Waals surface area contributed by atoms with Gasteiger partial charge < -0.3 is 15.6 Å². The number of nitrogens with two attached hydrogens (primary N) is 1. The van der Waals surface area contributed by atoms with Crippen LogP contribution in [0.3, 0.4) is 0 Å². The van der Waals surface area contributed by atoms with E-state index in [4.69, 9.17) is 10.8 Å². The van der Waals surface area contributed by atoms with Gasteiger partial charge in [0.15, 0.2) is 0 Å². The van der Waals surface area contributed by atoms with Crippen molar-refractivity contribution in [3.63, 3.8) is 0 Å². The third-order valence-electron chi connectivity index (χ3n) is 1.51. The molecule has 0 aliphatic heterocycles. The van der Waals surface area contributed by atoms with Gasteiger partial charge in [-0.3, -0.25) is 0 Å². The summed E-state index contributed by atoms with van der Waals surface area (Å²) >= 11 is 0. The third kappa shape index (κ3) is 4.26. The number of aromatic hydroxyl groups is 1. The Morgan fingerprint density at radius 2 is 1.93 bits per heavy atom. The first-order valence-electron chi connectivity index (χ1n) is 3.70. The molecule has 1 aromatic rings. The summed E-state index contributed by atoms with van der Waals surface area (Å²) in [5.41, 5.74) is 5.57. The van der Waals surface area contributed by atoms with Gasteiger partial charge in [-0.05, 0) is 6.07 Å². The molecule has 0 aromatic heterocycles. The van der Waals surface area contributed by atoms with Gasteiger partial charge >= 0.3 is 6.36 Å². The Morgan fingerprint density at radius 3 is 2.33 bits per heavy atom. The number of hydrogen-bond donors (Lipinski definition) is 2. The average Bonchev–Trinajstić information content (AvgIpc) is 2.01. The molecule has 0 atom stereocenters. The summed E-state index contributed by atoms with van der Waals surface area (Å²) in [5, 5.41) is 9.16. The highest BCUT2D eigenvalue weighted by Crippen LogP contribution is 2.27. The molecule has 0 unspecified atom stereocenters. The van der Waals surface area contributed by atoms with Gasteiger partial charge in [0.25, 0.3) is 0 Å². The lowest BCUT2D eigenvalue weighted by Gasteiger charge is -2.09. The van der Waals surface area contributed by atoms with Crippen LogP contribution in [0.2, 0.25) is 0 Å². The lowest BCUT2D eigenvalue weighted by atomic mass is 10.2. The first-order chi connectivity index (χ1) is 6.42. The largest absolute Gasteiger partial charge is 0.573 e. The van der Waals surface area contributed by atoms with E-state index in [1.165, 1.54) is 6.07 Å². The van der Waals surface area contributed by atoms with Crippen LogP contribution in [0.25, 0.3) is 0 Å². The second kappa shape index (κ2) is 5.09. The molecule has 15 heavy (non-hydrogen) atoms. The zero-order valence-electron chi connectivity index (χ0n) is 7.41. The summed E-state index contributed by atoms with van der Waals surface area (Å²) in [6.45, 7) is 0.0537. The number of benzene rings is 1. The van der Waals surface area contributed by atoms with Crippen LogP contribution in [0.4, 0.5) is 13.2 Å². The summed E-state index contributed by atoms with van der Waals surface area (Å²) in [5.74, 6) is -0.776. The molecule has 3 N–H and O–H groups in total. The van der Waals surface area contributed by atoms with Gasteiger partial charge in [-0.2, -0.15) is 0 Å². The second-order valence-electron chi connectivity index (χ2n) is 2.54. The van der Waals surface area contributed by atoms with E-state index >= 15 is 0 Å². The molecule has 7 heteroatoms. The molecule has 0 saturated heterocycles. The molecule has 0 bridgehead atoms. The minimum absolute atomic E-state index is 0. The summed E-state index contributed by atoms with van der Waals surface area (Å²) in [4.78, 5) is 0. The van der Waals surface area contributed by atoms with Gasteiger partial charge in [0.05, 0.1) is 0 Å². The predicted octanol–water partition coefficient (Wildman–Crippen LogP) is 2.17. The van der Waals surface area contributed by atoms with Crippen molar-refractivity contribution in [2.75, 3.05) is 0 Å². The Hall–Kier alpha value is -1.14. The quantitative estimate of drug-likeness (QED) is 0.837. The van der Waals surface area contributed by atoms with Gasteiger partial charge in [-0.15, -0.1) is 25.6 Å². The number of hydrogen-bond acceptors (Lipinski definition) is 3. The van der Waals surface area contributed by atoms with Crippen molar-refractivity contribution in [1.29, 1.82) is 0 Å². The zero-order chi connectivity index (χ0) is 10.8. The van der Waals surface area contributed by atoms with E-state index in [1.807, 2.05) is 0 Å². The van der Waals surface area contributed by atoms with Gasteiger partial charge in [-0.25, -0.2) is 0 Å². The third-order valence-corrected chi connectivity index (χ3v) is 1.51. The fraction of sp³-hybridized carbons (Fsp3) is 0.250. The Balaban J connectivity index is 0.00000196. The van der Waals surface area contributed by atoms with Crippen molar-refractivity contribution in [2.45, 2.75) is 12.9 Å².